The van der Waals surface area contributed by atoms with E-state index in [0.29, 0.717) is 19.6 Å². The van der Waals surface area contributed by atoms with Crippen molar-refractivity contribution in [1.29, 1.82) is 0 Å². The Morgan fingerprint density at radius 1 is 1.08 bits per heavy atom. The van der Waals surface area contributed by atoms with E-state index in [9.17, 15) is 5.11 Å². The Hall–Kier alpha value is -0.120. The summed E-state index contributed by atoms with van der Waals surface area (Å²) in [6.07, 6.45) is 3.28. The lowest BCUT2D eigenvalue weighted by Crippen LogP contribution is -2.15. The van der Waals surface area contributed by atoms with E-state index in [2.05, 4.69) is 6.92 Å². The van der Waals surface area contributed by atoms with Gasteiger partial charge >= 0.3 is 0 Å². The first kappa shape index (κ1) is 12.9. The average Bonchev–Trinajstić information content (AvgIpc) is 2.11. The van der Waals surface area contributed by atoms with E-state index in [0.717, 1.165) is 25.9 Å². The summed E-state index contributed by atoms with van der Waals surface area (Å²) in [7, 11) is 0. The van der Waals surface area contributed by atoms with Crippen LogP contribution < -0.4 is 0 Å². The fraction of sp³-hybridized carbons (Fsp3) is 1.00. The molecule has 0 radical (unpaired) electrons. The Bertz CT molecular complexity index is 96.2. The van der Waals surface area contributed by atoms with Crippen molar-refractivity contribution in [2.24, 2.45) is 0 Å². The van der Waals surface area contributed by atoms with Crippen molar-refractivity contribution in [3.63, 3.8) is 0 Å². The highest BCUT2D eigenvalue weighted by Crippen LogP contribution is 1.97. The predicted octanol–water partition coefficient (Wildman–Crippen LogP) is 1.94. The Labute approximate surface area is 81.0 Å². The van der Waals surface area contributed by atoms with Crippen LogP contribution in [0.2, 0.25) is 0 Å². The maximum atomic E-state index is 9.17. The Morgan fingerprint density at radius 2 is 1.85 bits per heavy atom. The van der Waals surface area contributed by atoms with Crippen LogP contribution in [0.15, 0.2) is 0 Å². The molecule has 0 aliphatic carbocycles. The van der Waals surface area contributed by atoms with Gasteiger partial charge < -0.3 is 14.6 Å². The molecule has 3 heteroatoms. The molecule has 0 aromatic carbocycles. The maximum absolute atomic E-state index is 9.17. The molecule has 1 N–H and O–H groups in total. The second-order valence-electron chi connectivity index (χ2n) is 3.08. The Morgan fingerprint density at radius 3 is 2.46 bits per heavy atom. The van der Waals surface area contributed by atoms with Crippen LogP contribution in [-0.4, -0.2) is 31.2 Å². The van der Waals surface area contributed by atoms with E-state index in [1.807, 2.05) is 6.92 Å². The highest BCUT2D eigenvalue weighted by molar-refractivity contribution is 4.40. The normalized spacial score (nSPS) is 13.2. The smallest absolute Gasteiger partial charge is 0.154 e. The first-order valence-electron chi connectivity index (χ1n) is 5.18. The molecule has 0 spiro atoms. The largest absolute Gasteiger partial charge is 0.379 e. The van der Waals surface area contributed by atoms with Crippen molar-refractivity contribution in [2.45, 2.75) is 45.8 Å². The minimum absolute atomic E-state index is 0.491. The summed E-state index contributed by atoms with van der Waals surface area (Å²) >= 11 is 0. The number of rotatable bonds is 9. The van der Waals surface area contributed by atoms with Gasteiger partial charge in [0.1, 0.15) is 0 Å². The van der Waals surface area contributed by atoms with Gasteiger partial charge in [0.2, 0.25) is 0 Å². The van der Waals surface area contributed by atoms with E-state index in [1.165, 1.54) is 0 Å². The van der Waals surface area contributed by atoms with Crippen LogP contribution in [0.4, 0.5) is 0 Å². The fourth-order valence-electron chi connectivity index (χ4n) is 0.922. The summed E-state index contributed by atoms with van der Waals surface area (Å²) in [5, 5.41) is 9.17. The SMILES string of the molecule is CCCCOCCOC(O)CCC. The van der Waals surface area contributed by atoms with E-state index in [1.54, 1.807) is 0 Å². The van der Waals surface area contributed by atoms with Crippen LogP contribution in [0, 0.1) is 0 Å². The van der Waals surface area contributed by atoms with Crippen LogP contribution in [0.1, 0.15) is 39.5 Å². The van der Waals surface area contributed by atoms with Gasteiger partial charge in [0.25, 0.3) is 0 Å². The van der Waals surface area contributed by atoms with E-state index in [4.69, 9.17) is 9.47 Å². The van der Waals surface area contributed by atoms with Gasteiger partial charge in [-0.1, -0.05) is 26.7 Å². The van der Waals surface area contributed by atoms with Crippen LogP contribution in [0.3, 0.4) is 0 Å². The third-order valence-electron chi connectivity index (χ3n) is 1.72. The minimum Gasteiger partial charge on any atom is -0.379 e. The highest BCUT2D eigenvalue weighted by Gasteiger charge is 2.00. The van der Waals surface area contributed by atoms with Gasteiger partial charge in [0.15, 0.2) is 6.29 Å². The summed E-state index contributed by atoms with van der Waals surface area (Å²) < 4.78 is 10.4. The van der Waals surface area contributed by atoms with E-state index in [-0.39, 0.29) is 0 Å². The number of aliphatic hydroxyl groups excluding tert-OH is 1. The molecule has 0 saturated carbocycles. The Kier molecular flexibility index (Phi) is 9.87. The van der Waals surface area contributed by atoms with Crippen molar-refractivity contribution < 1.29 is 14.6 Å². The molecule has 0 saturated heterocycles. The second kappa shape index (κ2) is 9.96. The minimum atomic E-state index is -0.611. The van der Waals surface area contributed by atoms with Crippen molar-refractivity contribution in [1.82, 2.24) is 0 Å². The molecule has 0 amide bonds. The van der Waals surface area contributed by atoms with Gasteiger partial charge in [-0.2, -0.15) is 0 Å². The van der Waals surface area contributed by atoms with Gasteiger partial charge in [0, 0.05) is 6.61 Å². The number of ether oxygens (including phenoxy) is 2. The van der Waals surface area contributed by atoms with Gasteiger partial charge in [-0.15, -0.1) is 0 Å². The van der Waals surface area contributed by atoms with Crippen LogP contribution in [0.5, 0.6) is 0 Å². The molecule has 0 rings (SSSR count). The molecule has 1 unspecified atom stereocenters. The summed E-state index contributed by atoms with van der Waals surface area (Å²) in [4.78, 5) is 0. The van der Waals surface area contributed by atoms with Crippen LogP contribution in [0.25, 0.3) is 0 Å². The lowest BCUT2D eigenvalue weighted by Gasteiger charge is -2.10. The van der Waals surface area contributed by atoms with Gasteiger partial charge in [-0.05, 0) is 12.8 Å². The van der Waals surface area contributed by atoms with E-state index < -0.39 is 6.29 Å². The Balaban J connectivity index is 2.97. The molecule has 0 aromatic rings. The topological polar surface area (TPSA) is 38.7 Å². The molecule has 0 bridgehead atoms. The van der Waals surface area contributed by atoms with Crippen molar-refractivity contribution >= 4 is 0 Å². The molecule has 0 aromatic heterocycles. The fourth-order valence-corrected chi connectivity index (χ4v) is 0.922. The first-order valence-corrected chi connectivity index (χ1v) is 5.18. The number of aliphatic hydroxyl groups is 1. The lowest BCUT2D eigenvalue weighted by molar-refractivity contribution is -0.115. The zero-order valence-corrected chi connectivity index (χ0v) is 8.79. The maximum Gasteiger partial charge on any atom is 0.154 e. The molecule has 0 heterocycles. The quantitative estimate of drug-likeness (QED) is 0.446. The molecule has 13 heavy (non-hydrogen) atoms. The van der Waals surface area contributed by atoms with Crippen molar-refractivity contribution in [3.05, 3.63) is 0 Å². The monoisotopic (exact) mass is 190 g/mol. The second-order valence-corrected chi connectivity index (χ2v) is 3.08. The summed E-state index contributed by atoms with van der Waals surface area (Å²) in [6, 6.07) is 0. The molecular weight excluding hydrogens is 168 g/mol. The van der Waals surface area contributed by atoms with Crippen LogP contribution in [-0.2, 0) is 9.47 Å². The third-order valence-corrected chi connectivity index (χ3v) is 1.72. The van der Waals surface area contributed by atoms with Gasteiger partial charge in [-0.3, -0.25) is 0 Å². The van der Waals surface area contributed by atoms with E-state index >= 15 is 0 Å². The number of hydrogen-bond acceptors (Lipinski definition) is 3. The molecule has 1 atom stereocenters. The molecule has 0 fully saturated rings. The number of hydrogen-bond donors (Lipinski definition) is 1. The van der Waals surface area contributed by atoms with Gasteiger partial charge in [0.05, 0.1) is 13.2 Å². The zero-order valence-electron chi connectivity index (χ0n) is 8.79. The highest BCUT2D eigenvalue weighted by atomic mass is 16.6. The standard InChI is InChI=1S/C10H22O3/c1-3-5-7-12-8-9-13-10(11)6-4-2/h10-11H,3-9H2,1-2H3. The molecule has 3 nitrogen and oxygen atoms in total. The zero-order chi connectivity index (χ0) is 9.94. The summed E-state index contributed by atoms with van der Waals surface area (Å²) in [6.45, 7) is 6.02. The van der Waals surface area contributed by atoms with Gasteiger partial charge in [-0.25, -0.2) is 0 Å². The average molecular weight is 190 g/mol. The molecular formula is C10H22O3. The molecule has 0 aliphatic heterocycles. The summed E-state index contributed by atoms with van der Waals surface area (Å²) in [5.74, 6) is 0. The number of unbranched alkanes of at least 4 members (excludes halogenated alkanes) is 1. The molecule has 80 valence electrons. The van der Waals surface area contributed by atoms with Crippen LogP contribution >= 0.6 is 0 Å². The van der Waals surface area contributed by atoms with Crippen molar-refractivity contribution in [2.75, 3.05) is 19.8 Å². The summed E-state index contributed by atoms with van der Waals surface area (Å²) in [5.41, 5.74) is 0. The first-order chi connectivity index (χ1) is 6.31. The van der Waals surface area contributed by atoms with Crippen molar-refractivity contribution in [3.8, 4) is 0 Å². The lowest BCUT2D eigenvalue weighted by atomic mass is 10.3. The third kappa shape index (κ3) is 9.80. The molecule has 0 aliphatic rings. The predicted molar refractivity (Wildman–Crippen MR) is 52.6 cm³/mol.